The second-order valence-corrected chi connectivity index (χ2v) is 6.63. The molecule has 104 valence electrons. The summed E-state index contributed by atoms with van der Waals surface area (Å²) in [6, 6.07) is 5.86. The van der Waals surface area contributed by atoms with Crippen molar-refractivity contribution in [1.29, 1.82) is 0 Å². The van der Waals surface area contributed by atoms with Crippen LogP contribution in [0.15, 0.2) is 40.1 Å². The van der Waals surface area contributed by atoms with Crippen LogP contribution in [-0.4, -0.2) is 55.5 Å². The van der Waals surface area contributed by atoms with Crippen LogP contribution in [0.4, 0.5) is 5.69 Å². The minimum absolute atomic E-state index is 0. The molecule has 2 aromatic rings. The summed E-state index contributed by atoms with van der Waals surface area (Å²) in [5.74, 6) is 0. The zero-order chi connectivity index (χ0) is 14.4. The van der Waals surface area contributed by atoms with Crippen LogP contribution in [0.3, 0.4) is 0 Å². The van der Waals surface area contributed by atoms with Crippen molar-refractivity contribution < 1.29 is 25.9 Å². The fraction of sp³-hybridized carbons (Fsp3) is 0. The monoisotopic (exact) mass is 327 g/mol. The Bertz CT molecular complexity index is 876. The molecule has 0 saturated carbocycles. The van der Waals surface area contributed by atoms with Gasteiger partial charge in [-0.3, -0.25) is 9.11 Å². The topological polar surface area (TPSA) is 135 Å². The molecule has 0 aliphatic heterocycles. The Balaban J connectivity index is 0.00000200. The SMILES string of the molecule is Nc1cc(S(=O)(=O)O)cc2cccc(S(=O)(=O)O)c12.[NaH]. The number of hydrogen-bond acceptors (Lipinski definition) is 5. The molecule has 0 bridgehead atoms. The van der Waals surface area contributed by atoms with E-state index in [1.54, 1.807) is 0 Å². The zero-order valence-electron chi connectivity index (χ0n) is 9.31. The van der Waals surface area contributed by atoms with Gasteiger partial charge < -0.3 is 5.73 Å². The van der Waals surface area contributed by atoms with E-state index >= 15 is 0 Å². The number of hydrogen-bond donors (Lipinski definition) is 3. The van der Waals surface area contributed by atoms with E-state index in [1.807, 2.05) is 0 Å². The van der Waals surface area contributed by atoms with E-state index < -0.39 is 30.0 Å². The first kappa shape index (κ1) is 17.4. The van der Waals surface area contributed by atoms with Gasteiger partial charge in [0.05, 0.1) is 4.90 Å². The molecule has 2 aromatic carbocycles. The average Bonchev–Trinajstić information content (AvgIpc) is 2.25. The molecule has 0 aliphatic carbocycles. The maximum atomic E-state index is 11.2. The summed E-state index contributed by atoms with van der Waals surface area (Å²) in [6.45, 7) is 0. The molecule has 0 fully saturated rings. The minimum atomic E-state index is -4.49. The molecule has 20 heavy (non-hydrogen) atoms. The summed E-state index contributed by atoms with van der Waals surface area (Å²) in [7, 11) is -8.95. The Morgan fingerprint density at radius 3 is 2.05 bits per heavy atom. The van der Waals surface area contributed by atoms with Crippen molar-refractivity contribution in [3.63, 3.8) is 0 Å². The molecule has 2 rings (SSSR count). The fourth-order valence-electron chi connectivity index (χ4n) is 1.76. The zero-order valence-corrected chi connectivity index (χ0v) is 10.9. The van der Waals surface area contributed by atoms with Gasteiger partial charge in [-0.15, -0.1) is 0 Å². The first-order valence-corrected chi connectivity index (χ1v) is 7.76. The Morgan fingerprint density at radius 2 is 1.55 bits per heavy atom. The maximum absolute atomic E-state index is 11.2. The predicted octanol–water partition coefficient (Wildman–Crippen LogP) is 0.267. The van der Waals surface area contributed by atoms with Gasteiger partial charge >= 0.3 is 29.6 Å². The van der Waals surface area contributed by atoms with Crippen LogP contribution in [0.5, 0.6) is 0 Å². The van der Waals surface area contributed by atoms with Gasteiger partial charge in [0.15, 0.2) is 0 Å². The predicted molar refractivity (Wildman–Crippen MR) is 75.1 cm³/mol. The van der Waals surface area contributed by atoms with Crippen molar-refractivity contribution in [3.05, 3.63) is 30.3 Å². The molecule has 0 atom stereocenters. The van der Waals surface area contributed by atoms with Crippen molar-refractivity contribution in [1.82, 2.24) is 0 Å². The van der Waals surface area contributed by atoms with Crippen LogP contribution in [0, 0.1) is 0 Å². The summed E-state index contributed by atoms with van der Waals surface area (Å²) in [6.07, 6.45) is 0. The number of nitrogen functional groups attached to an aromatic ring is 1. The van der Waals surface area contributed by atoms with Crippen LogP contribution in [-0.2, 0) is 20.2 Å². The summed E-state index contributed by atoms with van der Waals surface area (Å²) in [5, 5.41) is 0.167. The molecular formula is C10H10NNaO6S2. The van der Waals surface area contributed by atoms with Crippen LogP contribution in [0.2, 0.25) is 0 Å². The first-order valence-electron chi connectivity index (χ1n) is 4.88. The van der Waals surface area contributed by atoms with Gasteiger partial charge in [-0.25, -0.2) is 0 Å². The third-order valence-electron chi connectivity index (χ3n) is 2.52. The van der Waals surface area contributed by atoms with Crippen LogP contribution in [0.25, 0.3) is 10.8 Å². The molecule has 7 nitrogen and oxygen atoms in total. The number of anilines is 1. The third kappa shape index (κ3) is 3.31. The van der Waals surface area contributed by atoms with Crippen LogP contribution in [0.1, 0.15) is 0 Å². The van der Waals surface area contributed by atoms with E-state index in [4.69, 9.17) is 14.8 Å². The molecule has 0 saturated heterocycles. The molecule has 0 spiro atoms. The van der Waals surface area contributed by atoms with Gasteiger partial charge in [0.2, 0.25) is 0 Å². The van der Waals surface area contributed by atoms with Gasteiger partial charge in [0.25, 0.3) is 20.2 Å². The van der Waals surface area contributed by atoms with Gasteiger partial charge in [0.1, 0.15) is 4.90 Å². The van der Waals surface area contributed by atoms with Crippen molar-refractivity contribution in [2.45, 2.75) is 9.79 Å². The van der Waals surface area contributed by atoms with Crippen LogP contribution >= 0.6 is 0 Å². The molecule has 0 amide bonds. The number of rotatable bonds is 2. The number of nitrogens with two attached hydrogens (primary N) is 1. The third-order valence-corrected chi connectivity index (χ3v) is 4.25. The van der Waals surface area contributed by atoms with E-state index in [2.05, 4.69) is 0 Å². The molecular weight excluding hydrogens is 317 g/mol. The molecule has 0 radical (unpaired) electrons. The average molecular weight is 327 g/mol. The molecule has 4 N–H and O–H groups in total. The normalized spacial score (nSPS) is 12.1. The van der Waals surface area contributed by atoms with Gasteiger partial charge in [-0.1, -0.05) is 12.1 Å². The molecule has 0 aliphatic rings. The van der Waals surface area contributed by atoms with Crippen LogP contribution < -0.4 is 5.73 Å². The quantitative estimate of drug-likeness (QED) is 0.409. The Labute approximate surface area is 137 Å². The van der Waals surface area contributed by atoms with Crippen molar-refractivity contribution in [2.24, 2.45) is 0 Å². The van der Waals surface area contributed by atoms with E-state index in [1.165, 1.54) is 12.1 Å². The summed E-state index contributed by atoms with van der Waals surface area (Å²) in [5.41, 5.74) is 5.42. The number of fused-ring (bicyclic) bond motifs is 1. The first-order chi connectivity index (χ1) is 8.60. The molecule has 0 aromatic heterocycles. The molecule has 0 unspecified atom stereocenters. The van der Waals surface area contributed by atoms with Crippen molar-refractivity contribution in [2.75, 3.05) is 5.73 Å². The van der Waals surface area contributed by atoms with E-state index in [-0.39, 0.29) is 46.0 Å². The Hall–Kier alpha value is -0.680. The van der Waals surface area contributed by atoms with Crippen molar-refractivity contribution >= 4 is 66.3 Å². The fourth-order valence-corrected chi connectivity index (χ4v) is 3.06. The second-order valence-electron chi connectivity index (χ2n) is 3.82. The summed E-state index contributed by atoms with van der Waals surface area (Å²) < 4.78 is 62.6. The van der Waals surface area contributed by atoms with E-state index in [0.717, 1.165) is 18.2 Å². The van der Waals surface area contributed by atoms with E-state index in [0.29, 0.717) is 0 Å². The summed E-state index contributed by atoms with van der Waals surface area (Å²) >= 11 is 0. The van der Waals surface area contributed by atoms with Gasteiger partial charge in [0, 0.05) is 11.1 Å². The molecule has 10 heteroatoms. The Morgan fingerprint density at radius 1 is 0.950 bits per heavy atom. The molecule has 0 heterocycles. The van der Waals surface area contributed by atoms with Gasteiger partial charge in [-0.05, 0) is 23.6 Å². The second kappa shape index (κ2) is 5.60. The van der Waals surface area contributed by atoms with E-state index in [9.17, 15) is 16.8 Å². The standard InChI is InChI=1S/C10H9NO6S2.Na.H/c11-8-5-7(18(12,13)14)4-6-2-1-3-9(10(6)8)19(15,16)17;;/h1-5H,11H2,(H,12,13,14)(H,15,16,17);;. The Kier molecular flexibility index (Phi) is 4.87. The summed E-state index contributed by atoms with van der Waals surface area (Å²) in [4.78, 5) is -0.880. The number of benzene rings is 2. The van der Waals surface area contributed by atoms with Gasteiger partial charge in [-0.2, -0.15) is 16.8 Å². The van der Waals surface area contributed by atoms with Crippen molar-refractivity contribution in [3.8, 4) is 0 Å².